The number of ether oxygens (including phenoxy) is 1. The SMILES string of the molecule is CCCCCCOC(=O)CNc1ccc(C)cc1. The Morgan fingerprint density at radius 3 is 2.56 bits per heavy atom. The molecule has 3 heteroatoms. The van der Waals surface area contributed by atoms with Gasteiger partial charge in [-0.3, -0.25) is 4.79 Å². The van der Waals surface area contributed by atoms with E-state index in [0.717, 1.165) is 18.5 Å². The van der Waals surface area contributed by atoms with Crippen molar-refractivity contribution in [2.45, 2.75) is 39.5 Å². The number of benzene rings is 1. The monoisotopic (exact) mass is 249 g/mol. The Balaban J connectivity index is 2.11. The molecule has 1 N–H and O–H groups in total. The van der Waals surface area contributed by atoms with Gasteiger partial charge in [-0.25, -0.2) is 0 Å². The molecule has 1 aromatic rings. The molecule has 0 radical (unpaired) electrons. The molecule has 0 spiro atoms. The summed E-state index contributed by atoms with van der Waals surface area (Å²) in [4.78, 5) is 11.4. The van der Waals surface area contributed by atoms with E-state index in [1.54, 1.807) is 0 Å². The third-order valence-electron chi connectivity index (χ3n) is 2.75. The van der Waals surface area contributed by atoms with Crippen LogP contribution in [0.25, 0.3) is 0 Å². The van der Waals surface area contributed by atoms with E-state index in [-0.39, 0.29) is 12.5 Å². The van der Waals surface area contributed by atoms with Gasteiger partial charge in [0.25, 0.3) is 0 Å². The third kappa shape index (κ3) is 6.28. The maximum absolute atomic E-state index is 11.4. The van der Waals surface area contributed by atoms with E-state index in [4.69, 9.17) is 4.74 Å². The van der Waals surface area contributed by atoms with Crippen molar-refractivity contribution in [2.75, 3.05) is 18.5 Å². The molecule has 0 aliphatic heterocycles. The van der Waals surface area contributed by atoms with Crippen LogP contribution in [0.3, 0.4) is 0 Å². The van der Waals surface area contributed by atoms with Crippen LogP contribution < -0.4 is 5.32 Å². The molecule has 0 aliphatic rings. The number of rotatable bonds is 8. The van der Waals surface area contributed by atoms with Crippen LogP contribution in [0.2, 0.25) is 0 Å². The number of hydrogen-bond acceptors (Lipinski definition) is 3. The van der Waals surface area contributed by atoms with Gasteiger partial charge in [0.05, 0.1) is 6.61 Å². The molecule has 1 rings (SSSR count). The van der Waals surface area contributed by atoms with Crippen molar-refractivity contribution in [1.29, 1.82) is 0 Å². The summed E-state index contributed by atoms with van der Waals surface area (Å²) in [6, 6.07) is 7.95. The average Bonchev–Trinajstić information content (AvgIpc) is 2.38. The second-order valence-corrected chi connectivity index (χ2v) is 4.50. The summed E-state index contributed by atoms with van der Waals surface area (Å²) in [5.74, 6) is -0.188. The lowest BCUT2D eigenvalue weighted by Gasteiger charge is -2.07. The van der Waals surface area contributed by atoms with Crippen molar-refractivity contribution in [3.05, 3.63) is 29.8 Å². The fraction of sp³-hybridized carbons (Fsp3) is 0.533. The van der Waals surface area contributed by atoms with Gasteiger partial charge in [0.2, 0.25) is 0 Å². The van der Waals surface area contributed by atoms with Gasteiger partial charge < -0.3 is 10.1 Å². The smallest absolute Gasteiger partial charge is 0.325 e. The molecule has 100 valence electrons. The zero-order chi connectivity index (χ0) is 13.2. The Labute approximate surface area is 110 Å². The molecule has 0 heterocycles. The standard InChI is InChI=1S/C15H23NO2/c1-3-4-5-6-11-18-15(17)12-16-14-9-7-13(2)8-10-14/h7-10,16H,3-6,11-12H2,1-2H3. The summed E-state index contributed by atoms with van der Waals surface area (Å²) < 4.78 is 5.13. The number of nitrogens with one attached hydrogen (secondary N) is 1. The van der Waals surface area contributed by atoms with Crippen LogP contribution in [0.1, 0.15) is 38.2 Å². The summed E-state index contributed by atoms with van der Waals surface area (Å²) in [7, 11) is 0. The number of aryl methyl sites for hydroxylation is 1. The minimum Gasteiger partial charge on any atom is -0.464 e. The molecule has 3 nitrogen and oxygen atoms in total. The normalized spacial score (nSPS) is 10.1. The van der Waals surface area contributed by atoms with Gasteiger partial charge in [0, 0.05) is 5.69 Å². The number of carbonyl (C=O) groups excluding carboxylic acids is 1. The lowest BCUT2D eigenvalue weighted by Crippen LogP contribution is -2.17. The van der Waals surface area contributed by atoms with Crippen LogP contribution >= 0.6 is 0 Å². The molecule has 0 saturated heterocycles. The van der Waals surface area contributed by atoms with Gasteiger partial charge >= 0.3 is 5.97 Å². The third-order valence-corrected chi connectivity index (χ3v) is 2.75. The maximum atomic E-state index is 11.4. The van der Waals surface area contributed by atoms with Gasteiger partial charge in [-0.15, -0.1) is 0 Å². The Morgan fingerprint density at radius 2 is 1.89 bits per heavy atom. The zero-order valence-corrected chi connectivity index (χ0v) is 11.4. The molecule has 0 bridgehead atoms. The fourth-order valence-electron chi connectivity index (χ4n) is 1.61. The van der Waals surface area contributed by atoms with Crippen molar-refractivity contribution in [1.82, 2.24) is 0 Å². The topological polar surface area (TPSA) is 38.3 Å². The van der Waals surface area contributed by atoms with Crippen molar-refractivity contribution in [3.63, 3.8) is 0 Å². The maximum Gasteiger partial charge on any atom is 0.325 e. The van der Waals surface area contributed by atoms with Crippen LogP contribution in [-0.2, 0) is 9.53 Å². The fourth-order valence-corrected chi connectivity index (χ4v) is 1.61. The molecule has 0 fully saturated rings. The molecular weight excluding hydrogens is 226 g/mol. The number of hydrogen-bond donors (Lipinski definition) is 1. The predicted octanol–water partition coefficient (Wildman–Crippen LogP) is 3.53. The molecule has 1 aromatic carbocycles. The second-order valence-electron chi connectivity index (χ2n) is 4.50. The van der Waals surface area contributed by atoms with Crippen molar-refractivity contribution < 1.29 is 9.53 Å². The largest absolute Gasteiger partial charge is 0.464 e. The quantitative estimate of drug-likeness (QED) is 0.566. The number of esters is 1. The number of unbranched alkanes of at least 4 members (excludes halogenated alkanes) is 3. The van der Waals surface area contributed by atoms with Gasteiger partial charge in [0.1, 0.15) is 6.54 Å². The van der Waals surface area contributed by atoms with Crippen LogP contribution in [0.4, 0.5) is 5.69 Å². The van der Waals surface area contributed by atoms with E-state index >= 15 is 0 Å². The zero-order valence-electron chi connectivity index (χ0n) is 11.4. The average molecular weight is 249 g/mol. The Hall–Kier alpha value is -1.51. The molecule has 0 unspecified atom stereocenters. The van der Waals surface area contributed by atoms with Crippen LogP contribution in [0, 0.1) is 6.92 Å². The first-order valence-corrected chi connectivity index (χ1v) is 6.68. The van der Waals surface area contributed by atoms with Crippen molar-refractivity contribution in [2.24, 2.45) is 0 Å². The van der Waals surface area contributed by atoms with E-state index < -0.39 is 0 Å². The van der Waals surface area contributed by atoms with Crippen molar-refractivity contribution >= 4 is 11.7 Å². The van der Waals surface area contributed by atoms with E-state index in [0.29, 0.717) is 6.61 Å². The lowest BCUT2D eigenvalue weighted by atomic mass is 10.2. The summed E-state index contributed by atoms with van der Waals surface area (Å²) in [5, 5.41) is 3.05. The molecule has 0 atom stereocenters. The highest BCUT2D eigenvalue weighted by Gasteiger charge is 2.02. The summed E-state index contributed by atoms with van der Waals surface area (Å²) >= 11 is 0. The number of anilines is 1. The summed E-state index contributed by atoms with van der Waals surface area (Å²) in [6.45, 7) is 4.97. The van der Waals surface area contributed by atoms with Gasteiger partial charge in [-0.05, 0) is 25.5 Å². The first-order valence-electron chi connectivity index (χ1n) is 6.68. The summed E-state index contributed by atoms with van der Waals surface area (Å²) in [6.07, 6.45) is 4.50. The lowest BCUT2D eigenvalue weighted by molar-refractivity contribution is -0.141. The molecular formula is C15H23NO2. The van der Waals surface area contributed by atoms with E-state index in [1.165, 1.54) is 18.4 Å². The van der Waals surface area contributed by atoms with E-state index in [9.17, 15) is 4.79 Å². The van der Waals surface area contributed by atoms with Crippen LogP contribution in [0.15, 0.2) is 24.3 Å². The molecule has 0 aliphatic carbocycles. The minimum absolute atomic E-state index is 0.188. The van der Waals surface area contributed by atoms with Gasteiger partial charge in [0.15, 0.2) is 0 Å². The minimum atomic E-state index is -0.188. The van der Waals surface area contributed by atoms with Crippen LogP contribution in [-0.4, -0.2) is 19.1 Å². The van der Waals surface area contributed by atoms with Gasteiger partial charge in [-0.2, -0.15) is 0 Å². The first-order chi connectivity index (χ1) is 8.72. The highest BCUT2D eigenvalue weighted by molar-refractivity contribution is 5.74. The summed E-state index contributed by atoms with van der Waals surface area (Å²) in [5.41, 5.74) is 2.16. The highest BCUT2D eigenvalue weighted by Crippen LogP contribution is 2.08. The second kappa shape index (κ2) is 8.56. The first kappa shape index (κ1) is 14.6. The predicted molar refractivity (Wildman–Crippen MR) is 74.8 cm³/mol. The molecule has 0 saturated carbocycles. The molecule has 18 heavy (non-hydrogen) atoms. The Kier molecular flexibility index (Phi) is 6.92. The molecule has 0 aromatic heterocycles. The number of carbonyl (C=O) groups is 1. The highest BCUT2D eigenvalue weighted by atomic mass is 16.5. The van der Waals surface area contributed by atoms with Crippen molar-refractivity contribution in [3.8, 4) is 0 Å². The van der Waals surface area contributed by atoms with Gasteiger partial charge in [-0.1, -0.05) is 43.9 Å². The van der Waals surface area contributed by atoms with Crippen LogP contribution in [0.5, 0.6) is 0 Å². The Bertz CT molecular complexity index is 346. The Morgan fingerprint density at radius 1 is 1.17 bits per heavy atom. The molecule has 0 amide bonds. The van der Waals surface area contributed by atoms with E-state index in [1.807, 2.05) is 31.2 Å². The van der Waals surface area contributed by atoms with E-state index in [2.05, 4.69) is 12.2 Å².